The molecule has 0 bridgehead atoms. The van der Waals surface area contributed by atoms with Gasteiger partial charge in [-0.25, -0.2) is 14.8 Å². The minimum Gasteiger partial charge on any atom is -0.465 e. The molecule has 3 N–H and O–H groups in total. The van der Waals surface area contributed by atoms with Crippen molar-refractivity contribution in [3.63, 3.8) is 0 Å². The SMILES string of the molecule is COC(=O)c1ccc([C@H](C)NC(=O)c2cc(N)ncn2)cc1C.Cl. The maximum absolute atomic E-state index is 12.2. The van der Waals surface area contributed by atoms with E-state index in [1.165, 1.54) is 19.5 Å². The first-order chi connectivity index (χ1) is 10.9. The van der Waals surface area contributed by atoms with E-state index in [0.717, 1.165) is 11.1 Å². The fourth-order valence-electron chi connectivity index (χ4n) is 2.15. The molecule has 24 heavy (non-hydrogen) atoms. The van der Waals surface area contributed by atoms with Crippen LogP contribution in [0.4, 0.5) is 5.82 Å². The molecule has 2 aromatic rings. The van der Waals surface area contributed by atoms with E-state index in [4.69, 9.17) is 10.5 Å². The number of methoxy groups -OCH3 is 1. The van der Waals surface area contributed by atoms with Gasteiger partial charge < -0.3 is 15.8 Å². The number of amides is 1. The number of benzene rings is 1. The normalized spacial score (nSPS) is 11.1. The molecule has 128 valence electrons. The van der Waals surface area contributed by atoms with Gasteiger partial charge in [0.25, 0.3) is 5.91 Å². The summed E-state index contributed by atoms with van der Waals surface area (Å²) in [6.45, 7) is 3.66. The molecule has 0 saturated carbocycles. The lowest BCUT2D eigenvalue weighted by Crippen LogP contribution is -2.27. The summed E-state index contributed by atoms with van der Waals surface area (Å²) in [7, 11) is 1.34. The maximum Gasteiger partial charge on any atom is 0.338 e. The number of nitrogen functional groups attached to an aromatic ring is 1. The van der Waals surface area contributed by atoms with Crippen LogP contribution in [-0.4, -0.2) is 29.0 Å². The molecule has 0 radical (unpaired) electrons. The monoisotopic (exact) mass is 350 g/mol. The highest BCUT2D eigenvalue weighted by molar-refractivity contribution is 5.93. The van der Waals surface area contributed by atoms with Gasteiger partial charge in [0.15, 0.2) is 0 Å². The number of anilines is 1. The van der Waals surface area contributed by atoms with Crippen LogP contribution in [0.25, 0.3) is 0 Å². The van der Waals surface area contributed by atoms with Gasteiger partial charge in [0.2, 0.25) is 0 Å². The van der Waals surface area contributed by atoms with Gasteiger partial charge in [0, 0.05) is 6.07 Å². The van der Waals surface area contributed by atoms with E-state index in [9.17, 15) is 9.59 Å². The third kappa shape index (κ3) is 4.42. The van der Waals surface area contributed by atoms with Crippen molar-refractivity contribution in [3.05, 3.63) is 53.0 Å². The van der Waals surface area contributed by atoms with E-state index in [0.29, 0.717) is 5.56 Å². The second-order valence-electron chi connectivity index (χ2n) is 5.09. The lowest BCUT2D eigenvalue weighted by molar-refractivity contribution is 0.0599. The molecule has 1 heterocycles. The van der Waals surface area contributed by atoms with Gasteiger partial charge in [-0.15, -0.1) is 12.4 Å². The smallest absolute Gasteiger partial charge is 0.338 e. The summed E-state index contributed by atoms with van der Waals surface area (Å²) in [6.07, 6.45) is 1.24. The summed E-state index contributed by atoms with van der Waals surface area (Å²) in [5, 5.41) is 2.83. The molecule has 0 aliphatic carbocycles. The molecular formula is C16H19ClN4O3. The number of hydrogen-bond donors (Lipinski definition) is 2. The fraction of sp³-hybridized carbons (Fsp3) is 0.250. The molecule has 0 fully saturated rings. The molecular weight excluding hydrogens is 332 g/mol. The standard InChI is InChI=1S/C16H18N4O3.ClH/c1-9-6-11(4-5-12(9)16(22)23-3)10(2)20-15(21)13-7-14(17)19-8-18-13;/h4-8,10H,1-3H3,(H,20,21)(H2,17,18,19);1H/t10-;/m0./s1. The van der Waals surface area contributed by atoms with Crippen LogP contribution < -0.4 is 11.1 Å². The number of aryl methyl sites for hydroxylation is 1. The number of ether oxygens (including phenoxy) is 1. The van der Waals surface area contributed by atoms with Crippen LogP contribution in [0.1, 0.15) is 44.9 Å². The molecule has 2 rings (SSSR count). The van der Waals surface area contributed by atoms with Crippen LogP contribution in [0, 0.1) is 6.92 Å². The van der Waals surface area contributed by atoms with Gasteiger partial charge in [-0.3, -0.25) is 4.79 Å². The molecule has 7 nitrogen and oxygen atoms in total. The third-order valence-corrected chi connectivity index (χ3v) is 3.42. The molecule has 1 atom stereocenters. The molecule has 1 aromatic heterocycles. The first-order valence-corrected chi connectivity index (χ1v) is 6.99. The fourth-order valence-corrected chi connectivity index (χ4v) is 2.15. The highest BCUT2D eigenvalue weighted by Crippen LogP contribution is 2.18. The average Bonchev–Trinajstić information content (AvgIpc) is 2.53. The van der Waals surface area contributed by atoms with E-state index < -0.39 is 0 Å². The second kappa shape index (κ2) is 8.26. The van der Waals surface area contributed by atoms with E-state index in [1.54, 1.807) is 12.1 Å². The molecule has 1 amide bonds. The number of aromatic nitrogens is 2. The minimum absolute atomic E-state index is 0. The number of rotatable bonds is 4. The first kappa shape index (κ1) is 19.4. The topological polar surface area (TPSA) is 107 Å². The Hall–Kier alpha value is -2.67. The van der Waals surface area contributed by atoms with Gasteiger partial charge in [0.05, 0.1) is 18.7 Å². The van der Waals surface area contributed by atoms with E-state index >= 15 is 0 Å². The minimum atomic E-state index is -0.387. The third-order valence-electron chi connectivity index (χ3n) is 3.42. The Morgan fingerprint density at radius 3 is 2.54 bits per heavy atom. The molecule has 1 aromatic carbocycles. The Bertz CT molecular complexity index is 752. The summed E-state index contributed by atoms with van der Waals surface area (Å²) >= 11 is 0. The lowest BCUT2D eigenvalue weighted by atomic mass is 10.0. The zero-order chi connectivity index (χ0) is 17.0. The van der Waals surface area contributed by atoms with Crippen LogP contribution in [-0.2, 0) is 4.74 Å². The number of nitrogens with zero attached hydrogens (tertiary/aromatic N) is 2. The summed E-state index contributed by atoms with van der Waals surface area (Å²) in [5.41, 5.74) is 7.89. The van der Waals surface area contributed by atoms with Crippen molar-refractivity contribution in [2.45, 2.75) is 19.9 Å². The first-order valence-electron chi connectivity index (χ1n) is 6.99. The zero-order valence-corrected chi connectivity index (χ0v) is 14.4. The van der Waals surface area contributed by atoms with Gasteiger partial charge in [-0.2, -0.15) is 0 Å². The Morgan fingerprint density at radius 2 is 1.96 bits per heavy atom. The number of nitrogens with two attached hydrogens (primary N) is 1. The number of halogens is 1. The van der Waals surface area contributed by atoms with Crippen molar-refractivity contribution in [2.24, 2.45) is 0 Å². The summed E-state index contributed by atoms with van der Waals surface area (Å²) < 4.78 is 4.72. The van der Waals surface area contributed by atoms with E-state index in [2.05, 4.69) is 15.3 Å². The Labute approximate surface area is 146 Å². The summed E-state index contributed by atoms with van der Waals surface area (Å²) in [6, 6.07) is 6.45. The van der Waals surface area contributed by atoms with Gasteiger partial charge in [-0.05, 0) is 31.0 Å². The number of carbonyl (C=O) groups is 2. The van der Waals surface area contributed by atoms with Crippen LogP contribution in [0.5, 0.6) is 0 Å². The van der Waals surface area contributed by atoms with Crippen LogP contribution >= 0.6 is 12.4 Å². The average molecular weight is 351 g/mol. The Balaban J connectivity index is 0.00000288. The zero-order valence-electron chi connectivity index (χ0n) is 13.6. The summed E-state index contributed by atoms with van der Waals surface area (Å²) in [4.78, 5) is 31.4. The lowest BCUT2D eigenvalue weighted by Gasteiger charge is -2.15. The molecule has 0 aliphatic heterocycles. The highest BCUT2D eigenvalue weighted by atomic mass is 35.5. The molecule has 0 spiro atoms. The van der Waals surface area contributed by atoms with Gasteiger partial charge >= 0.3 is 5.97 Å². The maximum atomic E-state index is 12.2. The molecule has 0 saturated heterocycles. The van der Waals surface area contributed by atoms with Crippen molar-refractivity contribution < 1.29 is 14.3 Å². The van der Waals surface area contributed by atoms with Crippen molar-refractivity contribution in [1.29, 1.82) is 0 Å². The van der Waals surface area contributed by atoms with Gasteiger partial charge in [-0.1, -0.05) is 12.1 Å². The Kier molecular flexibility index (Phi) is 6.67. The number of esters is 1. The summed E-state index contributed by atoms with van der Waals surface area (Å²) in [5.74, 6) is -0.500. The number of nitrogens with one attached hydrogen (secondary N) is 1. The van der Waals surface area contributed by atoms with Crippen LogP contribution in [0.3, 0.4) is 0 Å². The molecule has 8 heteroatoms. The quantitative estimate of drug-likeness (QED) is 0.817. The van der Waals surface area contributed by atoms with E-state index in [1.807, 2.05) is 19.9 Å². The van der Waals surface area contributed by atoms with E-state index in [-0.39, 0.29) is 41.8 Å². The van der Waals surface area contributed by atoms with Crippen LogP contribution in [0.2, 0.25) is 0 Å². The number of carbonyl (C=O) groups excluding carboxylic acids is 2. The second-order valence-corrected chi connectivity index (χ2v) is 5.09. The van der Waals surface area contributed by atoms with Crippen molar-refractivity contribution in [3.8, 4) is 0 Å². The van der Waals surface area contributed by atoms with Crippen molar-refractivity contribution in [1.82, 2.24) is 15.3 Å². The van der Waals surface area contributed by atoms with Crippen molar-refractivity contribution >= 4 is 30.1 Å². The largest absolute Gasteiger partial charge is 0.465 e. The molecule has 0 unspecified atom stereocenters. The predicted molar refractivity (Wildman–Crippen MR) is 92.1 cm³/mol. The van der Waals surface area contributed by atoms with Gasteiger partial charge in [0.1, 0.15) is 17.8 Å². The Morgan fingerprint density at radius 1 is 1.25 bits per heavy atom. The highest BCUT2D eigenvalue weighted by Gasteiger charge is 2.15. The number of hydrogen-bond acceptors (Lipinski definition) is 6. The van der Waals surface area contributed by atoms with Crippen LogP contribution in [0.15, 0.2) is 30.6 Å². The predicted octanol–water partition coefficient (Wildman–Crippen LogP) is 2.07. The van der Waals surface area contributed by atoms with Crippen molar-refractivity contribution in [2.75, 3.05) is 12.8 Å². The molecule has 0 aliphatic rings.